The summed E-state index contributed by atoms with van der Waals surface area (Å²) in [6.45, 7) is 3.88. The smallest absolute Gasteiger partial charge is 0.145 e. The summed E-state index contributed by atoms with van der Waals surface area (Å²) in [5.74, 6) is 0.924. The second-order valence-corrected chi connectivity index (χ2v) is 6.11. The Morgan fingerprint density at radius 2 is 1.83 bits per heavy atom. The lowest BCUT2D eigenvalue weighted by Gasteiger charge is -2.38. The molecule has 0 bridgehead atoms. The van der Waals surface area contributed by atoms with Crippen LogP contribution in [0.3, 0.4) is 0 Å². The first-order valence-electron chi connectivity index (χ1n) is 8.09. The zero-order chi connectivity index (χ0) is 16.2. The van der Waals surface area contributed by atoms with Gasteiger partial charge in [0, 0.05) is 31.9 Å². The van der Waals surface area contributed by atoms with Gasteiger partial charge in [-0.25, -0.2) is 4.98 Å². The normalized spacial score (nSPS) is 15.3. The van der Waals surface area contributed by atoms with Gasteiger partial charge in [-0.3, -0.25) is 0 Å². The molecular formula is C19H22N4. The lowest BCUT2D eigenvalue weighted by Crippen LogP contribution is -2.43. The monoisotopic (exact) mass is 306 g/mol. The number of anilines is 2. The molecule has 118 valence electrons. The molecule has 0 amide bonds. The van der Waals surface area contributed by atoms with Crippen LogP contribution >= 0.6 is 0 Å². The first-order valence-corrected chi connectivity index (χ1v) is 8.09. The number of aryl methyl sites for hydroxylation is 1. The Bertz CT molecular complexity index is 697. The molecule has 0 radical (unpaired) electrons. The maximum Gasteiger partial charge on any atom is 0.145 e. The van der Waals surface area contributed by atoms with E-state index in [-0.39, 0.29) is 0 Å². The summed E-state index contributed by atoms with van der Waals surface area (Å²) in [6, 6.07) is 17.3. The van der Waals surface area contributed by atoms with Crippen LogP contribution in [-0.2, 0) is 0 Å². The maximum absolute atomic E-state index is 9.14. The molecule has 0 atom stereocenters. The van der Waals surface area contributed by atoms with E-state index in [4.69, 9.17) is 5.26 Å². The predicted octanol–water partition coefficient (Wildman–Crippen LogP) is 3.37. The highest BCUT2D eigenvalue weighted by Gasteiger charge is 2.23. The van der Waals surface area contributed by atoms with Gasteiger partial charge >= 0.3 is 0 Å². The highest BCUT2D eigenvalue weighted by atomic mass is 15.2. The molecule has 1 aromatic carbocycles. The van der Waals surface area contributed by atoms with Crippen LogP contribution in [0.5, 0.6) is 0 Å². The molecule has 3 rings (SSSR count). The third-order valence-electron chi connectivity index (χ3n) is 4.69. The number of nitrogens with zero attached hydrogens (tertiary/aromatic N) is 4. The van der Waals surface area contributed by atoms with E-state index >= 15 is 0 Å². The van der Waals surface area contributed by atoms with Gasteiger partial charge in [0.25, 0.3) is 0 Å². The van der Waals surface area contributed by atoms with E-state index in [1.54, 1.807) is 0 Å². The zero-order valence-electron chi connectivity index (χ0n) is 13.7. The fourth-order valence-corrected chi connectivity index (χ4v) is 3.16. The summed E-state index contributed by atoms with van der Waals surface area (Å²) in [7, 11) is 2.17. The lowest BCUT2D eigenvalue weighted by molar-refractivity contribution is 0.480. The molecule has 0 unspecified atom stereocenters. The Hall–Kier alpha value is -2.54. The Kier molecular flexibility index (Phi) is 4.47. The van der Waals surface area contributed by atoms with E-state index in [0.29, 0.717) is 11.7 Å². The molecule has 1 aromatic heterocycles. The van der Waals surface area contributed by atoms with Crippen molar-refractivity contribution in [3.05, 3.63) is 53.7 Å². The van der Waals surface area contributed by atoms with Crippen LogP contribution in [0.4, 0.5) is 11.5 Å². The molecular weight excluding hydrogens is 284 g/mol. The Morgan fingerprint density at radius 3 is 2.48 bits per heavy atom. The van der Waals surface area contributed by atoms with E-state index in [0.717, 1.165) is 37.3 Å². The number of pyridine rings is 1. The van der Waals surface area contributed by atoms with Crippen LogP contribution in [-0.4, -0.2) is 31.2 Å². The summed E-state index contributed by atoms with van der Waals surface area (Å²) in [5.41, 5.74) is 2.74. The first kappa shape index (κ1) is 15.4. The number of benzene rings is 1. The third-order valence-corrected chi connectivity index (χ3v) is 4.69. The number of rotatable bonds is 3. The van der Waals surface area contributed by atoms with Gasteiger partial charge < -0.3 is 9.80 Å². The Morgan fingerprint density at radius 1 is 1.13 bits per heavy atom. The molecule has 2 aromatic rings. The van der Waals surface area contributed by atoms with E-state index in [2.05, 4.69) is 58.2 Å². The minimum atomic E-state index is 0.533. The standard InChI is InChI=1S/C19H22N4/c1-15-8-9-19(21-18(15)14-20)23-12-10-17(11-13-23)22(2)16-6-4-3-5-7-16/h3-9,17H,10-13H2,1-2H3. The molecule has 1 aliphatic rings. The Balaban J connectivity index is 1.66. The SMILES string of the molecule is Cc1ccc(N2CCC(N(C)c3ccccc3)CC2)nc1C#N. The van der Waals surface area contributed by atoms with Crippen molar-refractivity contribution in [2.24, 2.45) is 0 Å². The van der Waals surface area contributed by atoms with Crippen molar-refractivity contribution in [3.8, 4) is 6.07 Å². The average Bonchev–Trinajstić information content (AvgIpc) is 2.62. The summed E-state index contributed by atoms with van der Waals surface area (Å²) < 4.78 is 0. The van der Waals surface area contributed by atoms with Crippen molar-refractivity contribution in [1.82, 2.24) is 4.98 Å². The second-order valence-electron chi connectivity index (χ2n) is 6.11. The van der Waals surface area contributed by atoms with Crippen molar-refractivity contribution in [3.63, 3.8) is 0 Å². The number of piperidine rings is 1. The summed E-state index contributed by atoms with van der Waals surface area (Å²) in [5, 5.41) is 9.14. The molecule has 0 saturated carbocycles. The topological polar surface area (TPSA) is 43.2 Å². The molecule has 1 fully saturated rings. The number of nitriles is 1. The molecule has 23 heavy (non-hydrogen) atoms. The average molecular weight is 306 g/mol. The summed E-state index contributed by atoms with van der Waals surface area (Å²) >= 11 is 0. The van der Waals surface area contributed by atoms with Crippen molar-refractivity contribution in [2.45, 2.75) is 25.8 Å². The van der Waals surface area contributed by atoms with E-state index in [1.807, 2.05) is 19.1 Å². The fourth-order valence-electron chi connectivity index (χ4n) is 3.16. The van der Waals surface area contributed by atoms with Gasteiger partial charge in [-0.2, -0.15) is 5.26 Å². The molecule has 2 heterocycles. The van der Waals surface area contributed by atoms with Crippen LogP contribution < -0.4 is 9.80 Å². The number of aromatic nitrogens is 1. The van der Waals surface area contributed by atoms with Gasteiger partial charge in [0.1, 0.15) is 17.6 Å². The fraction of sp³-hybridized carbons (Fsp3) is 0.368. The van der Waals surface area contributed by atoms with E-state index in [1.165, 1.54) is 5.69 Å². The minimum Gasteiger partial charge on any atom is -0.371 e. The zero-order valence-corrected chi connectivity index (χ0v) is 13.7. The molecule has 4 heteroatoms. The molecule has 4 nitrogen and oxygen atoms in total. The highest BCUT2D eigenvalue weighted by molar-refractivity contribution is 5.48. The lowest BCUT2D eigenvalue weighted by atomic mass is 10.0. The van der Waals surface area contributed by atoms with Gasteiger partial charge in [-0.15, -0.1) is 0 Å². The summed E-state index contributed by atoms with van der Waals surface area (Å²) in [6.07, 6.45) is 2.20. The van der Waals surface area contributed by atoms with Gasteiger partial charge in [-0.1, -0.05) is 24.3 Å². The number of para-hydroxylation sites is 1. The van der Waals surface area contributed by atoms with Gasteiger partial charge in [0.2, 0.25) is 0 Å². The van der Waals surface area contributed by atoms with Gasteiger partial charge in [0.05, 0.1) is 0 Å². The van der Waals surface area contributed by atoms with Gasteiger partial charge in [-0.05, 0) is 43.5 Å². The highest BCUT2D eigenvalue weighted by Crippen LogP contribution is 2.24. The predicted molar refractivity (Wildman–Crippen MR) is 93.8 cm³/mol. The molecule has 1 saturated heterocycles. The van der Waals surface area contributed by atoms with Gasteiger partial charge in [0.15, 0.2) is 0 Å². The third kappa shape index (κ3) is 3.29. The van der Waals surface area contributed by atoms with E-state index in [9.17, 15) is 0 Å². The van der Waals surface area contributed by atoms with Crippen LogP contribution in [0, 0.1) is 18.3 Å². The van der Waals surface area contributed by atoms with Crippen molar-refractivity contribution in [1.29, 1.82) is 5.26 Å². The van der Waals surface area contributed by atoms with Crippen molar-refractivity contribution >= 4 is 11.5 Å². The number of hydrogen-bond donors (Lipinski definition) is 0. The van der Waals surface area contributed by atoms with Crippen LogP contribution in [0.25, 0.3) is 0 Å². The quantitative estimate of drug-likeness (QED) is 0.872. The first-order chi connectivity index (χ1) is 11.2. The molecule has 1 aliphatic heterocycles. The maximum atomic E-state index is 9.14. The molecule has 0 spiro atoms. The van der Waals surface area contributed by atoms with Crippen LogP contribution in [0.2, 0.25) is 0 Å². The van der Waals surface area contributed by atoms with Crippen molar-refractivity contribution < 1.29 is 0 Å². The second kappa shape index (κ2) is 6.70. The largest absolute Gasteiger partial charge is 0.371 e. The molecule has 0 N–H and O–H groups in total. The number of hydrogen-bond acceptors (Lipinski definition) is 4. The van der Waals surface area contributed by atoms with Crippen LogP contribution in [0.1, 0.15) is 24.1 Å². The van der Waals surface area contributed by atoms with E-state index < -0.39 is 0 Å². The van der Waals surface area contributed by atoms with Crippen LogP contribution in [0.15, 0.2) is 42.5 Å². The minimum absolute atomic E-state index is 0.533. The molecule has 0 aliphatic carbocycles. The van der Waals surface area contributed by atoms with Crippen molar-refractivity contribution in [2.75, 3.05) is 29.9 Å². The summed E-state index contributed by atoms with van der Waals surface area (Å²) in [4.78, 5) is 9.16. The Labute approximate surface area is 138 Å².